The molecule has 0 aliphatic rings. The van der Waals surface area contributed by atoms with Gasteiger partial charge in [-0.05, 0) is 43.0 Å². The highest BCUT2D eigenvalue weighted by Crippen LogP contribution is 2.26. The number of aryl methyl sites for hydroxylation is 1. The van der Waals surface area contributed by atoms with Gasteiger partial charge in [-0.1, -0.05) is 26.0 Å². The van der Waals surface area contributed by atoms with Crippen LogP contribution in [0, 0.1) is 24.2 Å². The van der Waals surface area contributed by atoms with Crippen molar-refractivity contribution in [2.24, 2.45) is 5.92 Å². The first kappa shape index (κ1) is 15.8. The number of nitriles is 1. The van der Waals surface area contributed by atoms with Crippen LogP contribution in [0.3, 0.4) is 0 Å². The molecule has 2 rings (SSSR count). The summed E-state index contributed by atoms with van der Waals surface area (Å²) in [6.07, 6.45) is 0.984. The molecule has 0 saturated heterocycles. The van der Waals surface area contributed by atoms with Crippen molar-refractivity contribution in [2.75, 3.05) is 6.61 Å². The van der Waals surface area contributed by atoms with E-state index < -0.39 is 0 Å². The summed E-state index contributed by atoms with van der Waals surface area (Å²) < 4.78 is 5.74. The van der Waals surface area contributed by atoms with Crippen molar-refractivity contribution >= 4 is 0 Å². The molecule has 1 heterocycles. The molecular formula is C18H20N2O2. The Bertz CT molecular complexity index is 754. The molecule has 114 valence electrons. The second kappa shape index (κ2) is 6.95. The lowest BCUT2D eigenvalue weighted by Gasteiger charge is -2.10. The van der Waals surface area contributed by atoms with Gasteiger partial charge >= 0.3 is 0 Å². The predicted octanol–water partition coefficient (Wildman–Crippen LogP) is 3.65. The summed E-state index contributed by atoms with van der Waals surface area (Å²) in [6, 6.07) is 11.3. The number of hydrogen-bond donors (Lipinski definition) is 1. The molecule has 1 aromatic carbocycles. The van der Waals surface area contributed by atoms with E-state index >= 15 is 0 Å². The monoisotopic (exact) mass is 296 g/mol. The van der Waals surface area contributed by atoms with Crippen molar-refractivity contribution in [1.29, 1.82) is 5.26 Å². The number of nitrogens with zero attached hydrogens (tertiary/aromatic N) is 1. The number of ether oxygens (including phenoxy) is 1. The van der Waals surface area contributed by atoms with Crippen LogP contribution in [0.15, 0.2) is 35.1 Å². The Morgan fingerprint density at radius 3 is 2.77 bits per heavy atom. The van der Waals surface area contributed by atoms with E-state index in [9.17, 15) is 10.1 Å². The van der Waals surface area contributed by atoms with Gasteiger partial charge in [0.05, 0.1) is 6.61 Å². The molecule has 2 aromatic rings. The Kier molecular flexibility index (Phi) is 5.00. The van der Waals surface area contributed by atoms with Crippen LogP contribution in [0.4, 0.5) is 0 Å². The Morgan fingerprint density at radius 2 is 2.09 bits per heavy atom. The average molecular weight is 296 g/mol. The van der Waals surface area contributed by atoms with Crippen molar-refractivity contribution in [3.63, 3.8) is 0 Å². The average Bonchev–Trinajstić information content (AvgIpc) is 2.46. The summed E-state index contributed by atoms with van der Waals surface area (Å²) in [5, 5.41) is 9.22. The number of hydrogen-bond acceptors (Lipinski definition) is 3. The molecule has 0 atom stereocenters. The maximum atomic E-state index is 11.9. The summed E-state index contributed by atoms with van der Waals surface area (Å²) in [6.45, 7) is 6.76. The molecule has 1 aromatic heterocycles. The largest absolute Gasteiger partial charge is 0.494 e. The highest BCUT2D eigenvalue weighted by atomic mass is 16.5. The maximum absolute atomic E-state index is 11.9. The first-order valence-corrected chi connectivity index (χ1v) is 7.38. The molecule has 0 radical (unpaired) electrons. The summed E-state index contributed by atoms with van der Waals surface area (Å²) in [5.41, 5.74) is 1.95. The molecule has 22 heavy (non-hydrogen) atoms. The number of H-pyrrole nitrogens is 1. The second-order valence-electron chi connectivity index (χ2n) is 5.74. The number of benzene rings is 1. The van der Waals surface area contributed by atoms with E-state index in [2.05, 4.69) is 18.8 Å². The Labute approximate surface area is 130 Å². The Morgan fingerprint density at radius 1 is 1.32 bits per heavy atom. The molecule has 0 saturated carbocycles. The molecule has 0 spiro atoms. The zero-order valence-corrected chi connectivity index (χ0v) is 13.1. The Hall–Kier alpha value is -2.54. The number of nitrogens with one attached hydrogen (secondary N) is 1. The van der Waals surface area contributed by atoms with Crippen molar-refractivity contribution in [2.45, 2.75) is 27.2 Å². The molecular weight excluding hydrogens is 276 g/mol. The number of rotatable bonds is 5. The molecule has 0 aliphatic heterocycles. The van der Waals surface area contributed by atoms with Crippen molar-refractivity contribution in [1.82, 2.24) is 4.98 Å². The predicted molar refractivity (Wildman–Crippen MR) is 86.9 cm³/mol. The van der Waals surface area contributed by atoms with Crippen LogP contribution < -0.4 is 10.3 Å². The minimum Gasteiger partial charge on any atom is -0.494 e. The molecule has 0 aliphatic carbocycles. The van der Waals surface area contributed by atoms with E-state index in [4.69, 9.17) is 4.74 Å². The van der Waals surface area contributed by atoms with Crippen molar-refractivity contribution in [3.8, 4) is 22.9 Å². The first-order chi connectivity index (χ1) is 10.5. The quantitative estimate of drug-likeness (QED) is 0.916. The zero-order valence-electron chi connectivity index (χ0n) is 13.1. The zero-order chi connectivity index (χ0) is 16.1. The number of aromatic amines is 1. The number of pyridine rings is 1. The summed E-state index contributed by atoms with van der Waals surface area (Å²) in [4.78, 5) is 14.5. The van der Waals surface area contributed by atoms with Crippen LogP contribution >= 0.6 is 0 Å². The van der Waals surface area contributed by atoms with E-state index in [1.54, 1.807) is 6.92 Å². The highest BCUT2D eigenvalue weighted by molar-refractivity contribution is 5.71. The van der Waals surface area contributed by atoms with Crippen LogP contribution in [0.25, 0.3) is 11.1 Å². The lowest BCUT2D eigenvalue weighted by Crippen LogP contribution is -2.12. The van der Waals surface area contributed by atoms with Gasteiger partial charge < -0.3 is 9.72 Å². The van der Waals surface area contributed by atoms with Crippen LogP contribution in [0.5, 0.6) is 5.75 Å². The van der Waals surface area contributed by atoms with Gasteiger partial charge in [0.25, 0.3) is 5.56 Å². The molecule has 0 bridgehead atoms. The molecule has 4 heteroatoms. The fourth-order valence-electron chi connectivity index (χ4n) is 2.19. The molecule has 0 amide bonds. The van der Waals surface area contributed by atoms with Crippen LogP contribution in [0.1, 0.15) is 31.5 Å². The minimum absolute atomic E-state index is 0.130. The topological polar surface area (TPSA) is 65.9 Å². The van der Waals surface area contributed by atoms with Gasteiger partial charge in [-0.3, -0.25) is 4.79 Å². The van der Waals surface area contributed by atoms with E-state index in [0.717, 1.165) is 23.4 Å². The van der Waals surface area contributed by atoms with E-state index in [0.29, 0.717) is 18.1 Å². The van der Waals surface area contributed by atoms with Gasteiger partial charge in [0.1, 0.15) is 17.4 Å². The normalized spacial score (nSPS) is 10.5. The standard InChI is InChI=1S/C18H20N2O2/c1-12(2)7-8-22-15-6-4-5-14(10-15)16-9-13(3)20-18(21)17(16)11-19/h4-6,9-10,12H,7-8H2,1-3H3,(H,20,21). The molecule has 0 unspecified atom stereocenters. The third-order valence-electron chi connectivity index (χ3n) is 3.39. The Balaban J connectivity index is 2.34. The third-order valence-corrected chi connectivity index (χ3v) is 3.39. The third kappa shape index (κ3) is 3.76. The van der Waals surface area contributed by atoms with Gasteiger partial charge in [-0.25, -0.2) is 0 Å². The van der Waals surface area contributed by atoms with E-state index in [1.165, 1.54) is 0 Å². The summed E-state index contributed by atoms with van der Waals surface area (Å²) in [5.74, 6) is 1.34. The first-order valence-electron chi connectivity index (χ1n) is 7.38. The van der Waals surface area contributed by atoms with Crippen molar-refractivity contribution < 1.29 is 4.74 Å². The highest BCUT2D eigenvalue weighted by Gasteiger charge is 2.11. The second-order valence-corrected chi connectivity index (χ2v) is 5.74. The van der Waals surface area contributed by atoms with Gasteiger partial charge in [-0.2, -0.15) is 5.26 Å². The van der Waals surface area contributed by atoms with Crippen molar-refractivity contribution in [3.05, 3.63) is 51.9 Å². The van der Waals surface area contributed by atoms with Crippen LogP contribution in [-0.2, 0) is 0 Å². The smallest absolute Gasteiger partial charge is 0.266 e. The molecule has 1 N–H and O–H groups in total. The summed E-state index contributed by atoms with van der Waals surface area (Å²) >= 11 is 0. The van der Waals surface area contributed by atoms with Gasteiger partial charge in [0, 0.05) is 11.3 Å². The van der Waals surface area contributed by atoms with Crippen LogP contribution in [-0.4, -0.2) is 11.6 Å². The molecule has 0 fully saturated rings. The molecule has 4 nitrogen and oxygen atoms in total. The number of aromatic nitrogens is 1. The lowest BCUT2D eigenvalue weighted by atomic mass is 10.0. The van der Waals surface area contributed by atoms with Gasteiger partial charge in [0.15, 0.2) is 0 Å². The summed E-state index contributed by atoms with van der Waals surface area (Å²) in [7, 11) is 0. The van der Waals surface area contributed by atoms with Gasteiger partial charge in [-0.15, -0.1) is 0 Å². The van der Waals surface area contributed by atoms with Crippen LogP contribution in [0.2, 0.25) is 0 Å². The fourth-order valence-corrected chi connectivity index (χ4v) is 2.19. The fraction of sp³-hybridized carbons (Fsp3) is 0.333. The minimum atomic E-state index is -0.358. The SMILES string of the molecule is Cc1cc(-c2cccc(OCCC(C)C)c2)c(C#N)c(=O)[nH]1. The van der Waals surface area contributed by atoms with E-state index in [-0.39, 0.29) is 11.1 Å². The van der Waals surface area contributed by atoms with Gasteiger partial charge in [0.2, 0.25) is 0 Å². The maximum Gasteiger partial charge on any atom is 0.266 e. The van der Waals surface area contributed by atoms with E-state index in [1.807, 2.05) is 36.4 Å². The lowest BCUT2D eigenvalue weighted by molar-refractivity contribution is 0.289.